The Labute approximate surface area is 170 Å². The summed E-state index contributed by atoms with van der Waals surface area (Å²) < 4.78 is 6.60. The first-order chi connectivity index (χ1) is 13.7. The second-order valence-corrected chi connectivity index (χ2v) is 8.48. The van der Waals surface area contributed by atoms with Gasteiger partial charge in [0.15, 0.2) is 5.13 Å². The van der Waals surface area contributed by atoms with Crippen molar-refractivity contribution in [2.24, 2.45) is 5.92 Å². The van der Waals surface area contributed by atoms with E-state index in [1.807, 2.05) is 35.2 Å². The minimum absolute atomic E-state index is 0.104. The molecule has 4 nitrogen and oxygen atoms in total. The highest BCUT2D eigenvalue weighted by Gasteiger charge is 2.29. The van der Waals surface area contributed by atoms with Gasteiger partial charge in [0.1, 0.15) is 11.3 Å². The van der Waals surface area contributed by atoms with Gasteiger partial charge in [0.2, 0.25) is 5.91 Å². The van der Waals surface area contributed by atoms with Crippen molar-refractivity contribution in [1.29, 1.82) is 0 Å². The molecule has 1 saturated carbocycles. The third-order valence-corrected chi connectivity index (χ3v) is 6.76. The predicted octanol–water partition coefficient (Wildman–Crippen LogP) is 5.73. The van der Waals surface area contributed by atoms with Crippen LogP contribution in [0.1, 0.15) is 43.2 Å². The molecule has 0 radical (unpaired) electrons. The zero-order valence-corrected chi connectivity index (χ0v) is 17.3. The van der Waals surface area contributed by atoms with Crippen molar-refractivity contribution in [2.45, 2.75) is 45.6 Å². The monoisotopic (exact) mass is 394 g/mol. The summed E-state index contributed by atoms with van der Waals surface area (Å²) >= 11 is 1.59. The van der Waals surface area contributed by atoms with E-state index in [2.05, 4.69) is 19.1 Å². The maximum atomic E-state index is 13.5. The van der Waals surface area contributed by atoms with Crippen molar-refractivity contribution >= 4 is 32.6 Å². The van der Waals surface area contributed by atoms with Crippen molar-refractivity contribution < 1.29 is 9.53 Å². The quantitative estimate of drug-likeness (QED) is 0.555. The minimum Gasteiger partial charge on any atom is -0.494 e. The summed E-state index contributed by atoms with van der Waals surface area (Å²) in [5, 5.41) is 0.766. The first-order valence-electron chi connectivity index (χ1n) is 9.97. The topological polar surface area (TPSA) is 42.4 Å². The van der Waals surface area contributed by atoms with Crippen molar-refractivity contribution in [3.8, 4) is 5.75 Å². The number of nitrogens with zero attached hydrogens (tertiary/aromatic N) is 2. The summed E-state index contributed by atoms with van der Waals surface area (Å²) in [5.74, 6) is 1.07. The van der Waals surface area contributed by atoms with Crippen molar-refractivity contribution in [2.75, 3.05) is 12.0 Å². The van der Waals surface area contributed by atoms with Crippen LogP contribution in [-0.4, -0.2) is 18.0 Å². The highest BCUT2D eigenvalue weighted by molar-refractivity contribution is 7.22. The van der Waals surface area contributed by atoms with Gasteiger partial charge in [0.25, 0.3) is 0 Å². The molecule has 146 valence electrons. The van der Waals surface area contributed by atoms with E-state index in [4.69, 9.17) is 9.72 Å². The number of carbonyl (C=O) groups is 1. The summed E-state index contributed by atoms with van der Waals surface area (Å²) in [4.78, 5) is 20.2. The van der Waals surface area contributed by atoms with Crippen LogP contribution < -0.4 is 9.64 Å². The van der Waals surface area contributed by atoms with Gasteiger partial charge in [0, 0.05) is 5.92 Å². The SMILES string of the molecule is COc1ccc(C)c2sc(N(Cc3ccccc3)C(=O)C3CCCCC3)nc12. The van der Waals surface area contributed by atoms with Gasteiger partial charge in [-0.05, 0) is 37.0 Å². The number of amides is 1. The Bertz CT molecular complexity index is 961. The number of benzene rings is 2. The molecule has 3 aromatic rings. The van der Waals surface area contributed by atoms with E-state index in [9.17, 15) is 4.79 Å². The molecule has 0 atom stereocenters. The fourth-order valence-electron chi connectivity index (χ4n) is 3.95. The fraction of sp³-hybridized carbons (Fsp3) is 0.391. The molecule has 5 heteroatoms. The lowest BCUT2D eigenvalue weighted by molar-refractivity contribution is -0.123. The smallest absolute Gasteiger partial charge is 0.232 e. The number of carbonyl (C=O) groups excluding carboxylic acids is 1. The van der Waals surface area contributed by atoms with Gasteiger partial charge in [-0.2, -0.15) is 0 Å². The van der Waals surface area contributed by atoms with E-state index in [0.717, 1.165) is 57.9 Å². The summed E-state index contributed by atoms with van der Waals surface area (Å²) in [7, 11) is 1.66. The van der Waals surface area contributed by atoms with Crippen LogP contribution in [0.25, 0.3) is 10.2 Å². The Morgan fingerprint density at radius 1 is 1.14 bits per heavy atom. The molecule has 1 heterocycles. The number of thiazole rings is 1. The van der Waals surface area contributed by atoms with Gasteiger partial charge in [0.05, 0.1) is 18.4 Å². The molecule has 0 N–H and O–H groups in total. The van der Waals surface area contributed by atoms with Gasteiger partial charge < -0.3 is 4.74 Å². The molecule has 1 fully saturated rings. The van der Waals surface area contributed by atoms with E-state index in [-0.39, 0.29) is 11.8 Å². The van der Waals surface area contributed by atoms with Crippen molar-refractivity contribution in [3.63, 3.8) is 0 Å². The fourth-order valence-corrected chi connectivity index (χ4v) is 5.01. The van der Waals surface area contributed by atoms with Gasteiger partial charge in [-0.25, -0.2) is 4.98 Å². The average Bonchev–Trinajstić information content (AvgIpc) is 3.19. The number of fused-ring (bicyclic) bond motifs is 1. The highest BCUT2D eigenvalue weighted by Crippen LogP contribution is 2.38. The Balaban J connectivity index is 1.75. The Hall–Kier alpha value is -2.40. The molecule has 28 heavy (non-hydrogen) atoms. The second-order valence-electron chi connectivity index (χ2n) is 7.50. The third-order valence-electron chi connectivity index (χ3n) is 5.55. The first-order valence-corrected chi connectivity index (χ1v) is 10.8. The lowest BCUT2D eigenvalue weighted by Crippen LogP contribution is -2.36. The maximum absolute atomic E-state index is 13.5. The lowest BCUT2D eigenvalue weighted by Gasteiger charge is -2.27. The summed E-state index contributed by atoms with van der Waals surface area (Å²) in [5.41, 5.74) is 3.12. The van der Waals surface area contributed by atoms with Gasteiger partial charge in [-0.15, -0.1) is 0 Å². The zero-order chi connectivity index (χ0) is 19.5. The summed E-state index contributed by atoms with van der Waals surface area (Å²) in [6, 6.07) is 14.2. The molecule has 0 saturated heterocycles. The molecule has 1 aromatic heterocycles. The number of aromatic nitrogens is 1. The van der Waals surface area contributed by atoms with E-state index in [0.29, 0.717) is 6.54 Å². The predicted molar refractivity (Wildman–Crippen MR) is 115 cm³/mol. The molecule has 1 aliphatic rings. The number of hydrogen-bond donors (Lipinski definition) is 0. The normalized spacial score (nSPS) is 14.9. The molecule has 4 rings (SSSR count). The average molecular weight is 395 g/mol. The third kappa shape index (κ3) is 3.76. The van der Waals surface area contributed by atoms with Gasteiger partial charge in [-0.3, -0.25) is 9.69 Å². The van der Waals surface area contributed by atoms with Crippen LogP contribution in [0.4, 0.5) is 5.13 Å². The van der Waals surface area contributed by atoms with Crippen LogP contribution >= 0.6 is 11.3 Å². The Kier molecular flexibility index (Phi) is 5.62. The maximum Gasteiger partial charge on any atom is 0.232 e. The number of anilines is 1. The first kappa shape index (κ1) is 18.9. The molecule has 0 unspecified atom stereocenters. The van der Waals surface area contributed by atoms with E-state index in [1.54, 1.807) is 18.4 Å². The Morgan fingerprint density at radius 2 is 1.89 bits per heavy atom. The van der Waals surface area contributed by atoms with Crippen LogP contribution in [0.3, 0.4) is 0 Å². The number of rotatable bonds is 5. The molecule has 1 amide bonds. The number of methoxy groups -OCH3 is 1. The van der Waals surface area contributed by atoms with Gasteiger partial charge >= 0.3 is 0 Å². The van der Waals surface area contributed by atoms with E-state index < -0.39 is 0 Å². The molecule has 0 aliphatic heterocycles. The number of hydrogen-bond acceptors (Lipinski definition) is 4. The van der Waals surface area contributed by atoms with Gasteiger partial charge in [-0.1, -0.05) is 67.0 Å². The van der Waals surface area contributed by atoms with Crippen LogP contribution in [0, 0.1) is 12.8 Å². The van der Waals surface area contributed by atoms with E-state index >= 15 is 0 Å². The van der Waals surface area contributed by atoms with Crippen molar-refractivity contribution in [1.82, 2.24) is 4.98 Å². The summed E-state index contributed by atoms with van der Waals surface area (Å²) in [6.45, 7) is 2.63. The molecule has 1 aliphatic carbocycles. The lowest BCUT2D eigenvalue weighted by atomic mass is 9.88. The van der Waals surface area contributed by atoms with Crippen LogP contribution in [-0.2, 0) is 11.3 Å². The van der Waals surface area contributed by atoms with E-state index in [1.165, 1.54) is 6.42 Å². The standard InChI is InChI=1S/C23H26N2O2S/c1-16-13-14-19(27-2)20-21(16)28-23(24-20)25(15-17-9-5-3-6-10-17)22(26)18-11-7-4-8-12-18/h3,5-6,9-10,13-14,18H,4,7-8,11-12,15H2,1-2H3. The summed E-state index contributed by atoms with van der Waals surface area (Å²) in [6.07, 6.45) is 5.49. The number of ether oxygens (including phenoxy) is 1. The van der Waals surface area contributed by atoms with Crippen LogP contribution in [0.15, 0.2) is 42.5 Å². The minimum atomic E-state index is 0.104. The molecular formula is C23H26N2O2S. The molecular weight excluding hydrogens is 368 g/mol. The second kappa shape index (κ2) is 8.31. The van der Waals surface area contributed by atoms with Crippen LogP contribution in [0.5, 0.6) is 5.75 Å². The molecule has 0 spiro atoms. The number of aryl methyl sites for hydroxylation is 1. The molecule has 0 bridgehead atoms. The zero-order valence-electron chi connectivity index (χ0n) is 16.5. The van der Waals surface area contributed by atoms with Crippen molar-refractivity contribution in [3.05, 3.63) is 53.6 Å². The molecule has 2 aromatic carbocycles. The Morgan fingerprint density at radius 3 is 2.61 bits per heavy atom. The largest absolute Gasteiger partial charge is 0.494 e. The highest BCUT2D eigenvalue weighted by atomic mass is 32.1. The van der Waals surface area contributed by atoms with Crippen LogP contribution in [0.2, 0.25) is 0 Å².